The van der Waals surface area contributed by atoms with Crippen molar-refractivity contribution in [1.82, 2.24) is 0 Å². The van der Waals surface area contributed by atoms with Gasteiger partial charge in [-0.1, -0.05) is 20.3 Å². The molecule has 0 heterocycles. The molecule has 0 aromatic rings. The zero-order chi connectivity index (χ0) is 14.6. The predicted molar refractivity (Wildman–Crippen MR) is 74.0 cm³/mol. The van der Waals surface area contributed by atoms with Crippen molar-refractivity contribution in [3.8, 4) is 6.07 Å². The van der Waals surface area contributed by atoms with Gasteiger partial charge in [-0.15, -0.1) is 0 Å². The average Bonchev–Trinajstić information content (AvgIpc) is 2.33. The van der Waals surface area contributed by atoms with Crippen LogP contribution in [0, 0.1) is 23.2 Å². The van der Waals surface area contributed by atoms with E-state index in [9.17, 15) is 9.59 Å². The van der Waals surface area contributed by atoms with E-state index in [2.05, 4.69) is 0 Å². The molecule has 0 saturated carbocycles. The van der Waals surface area contributed by atoms with Crippen molar-refractivity contribution in [3.05, 3.63) is 0 Å². The summed E-state index contributed by atoms with van der Waals surface area (Å²) in [5.74, 6) is -1.82. The first kappa shape index (κ1) is 32.1. The zero-order valence-electron chi connectivity index (χ0n) is 12.2. The largest absolute Gasteiger partial charge is 0.481 e. The van der Waals surface area contributed by atoms with Crippen LogP contribution in [0.4, 0.5) is 0 Å². The Morgan fingerprint density at radius 1 is 1.10 bits per heavy atom. The summed E-state index contributed by atoms with van der Waals surface area (Å²) in [7, 11) is 0. The fourth-order valence-corrected chi connectivity index (χ4v) is 1.13. The van der Waals surface area contributed by atoms with Gasteiger partial charge in [-0.3, -0.25) is 9.59 Å². The zero-order valence-corrected chi connectivity index (χ0v) is 13.8. The van der Waals surface area contributed by atoms with Crippen molar-refractivity contribution in [2.45, 2.75) is 39.5 Å². The molecule has 8 N–H and O–H groups in total. The van der Waals surface area contributed by atoms with Crippen LogP contribution in [0.25, 0.3) is 0 Å². The SMILES string of the molecule is CCC(C#N)CC(=O)O.CCC(CN)CC(=O)O.O.O.[Pd]. The first-order valence-electron chi connectivity index (χ1n) is 5.94. The van der Waals surface area contributed by atoms with Gasteiger partial charge in [0, 0.05) is 26.8 Å². The molecular formula is C12H26N2O6Pd. The van der Waals surface area contributed by atoms with E-state index in [0.717, 1.165) is 6.42 Å². The van der Waals surface area contributed by atoms with Gasteiger partial charge in [0.15, 0.2) is 0 Å². The molecule has 0 fully saturated rings. The number of hydrogen-bond donors (Lipinski definition) is 3. The van der Waals surface area contributed by atoms with Gasteiger partial charge in [-0.25, -0.2) is 0 Å². The third-order valence-corrected chi connectivity index (χ3v) is 2.47. The number of nitrogens with zero attached hydrogens (tertiary/aromatic N) is 1. The van der Waals surface area contributed by atoms with Crippen LogP contribution in [-0.2, 0) is 30.0 Å². The molecule has 0 aliphatic carbocycles. The minimum Gasteiger partial charge on any atom is -0.481 e. The van der Waals surface area contributed by atoms with Gasteiger partial charge in [0.1, 0.15) is 0 Å². The number of aliphatic carboxylic acids is 2. The topological polar surface area (TPSA) is 187 Å². The second-order valence-electron chi connectivity index (χ2n) is 3.94. The van der Waals surface area contributed by atoms with Crippen molar-refractivity contribution >= 4 is 11.9 Å². The molecule has 130 valence electrons. The van der Waals surface area contributed by atoms with E-state index in [1.807, 2.05) is 13.0 Å². The van der Waals surface area contributed by atoms with Crippen molar-refractivity contribution in [2.24, 2.45) is 17.6 Å². The summed E-state index contributed by atoms with van der Waals surface area (Å²) in [6.45, 7) is 4.22. The van der Waals surface area contributed by atoms with Crippen LogP contribution >= 0.6 is 0 Å². The third kappa shape index (κ3) is 24.4. The number of carboxylic acid groups (broad SMARTS) is 2. The molecule has 2 unspecified atom stereocenters. The maximum Gasteiger partial charge on any atom is 0.304 e. The molecule has 9 heteroatoms. The van der Waals surface area contributed by atoms with E-state index in [1.165, 1.54) is 0 Å². The van der Waals surface area contributed by atoms with Crippen molar-refractivity contribution in [1.29, 1.82) is 5.26 Å². The van der Waals surface area contributed by atoms with Crippen LogP contribution < -0.4 is 5.73 Å². The Labute approximate surface area is 138 Å². The predicted octanol–water partition coefficient (Wildman–Crippen LogP) is -0.195. The standard InChI is InChI=1S/C6H13NO2.C6H9NO2.2H2O.Pd/c2*1-2-5(4-7)3-6(8)9;;;/h5H,2-4,7H2,1H3,(H,8,9);5H,2-3H2,1H3,(H,8,9);2*1H2;. The Bertz CT molecular complexity index is 292. The van der Waals surface area contributed by atoms with Crippen molar-refractivity contribution < 1.29 is 51.2 Å². The molecular weight excluding hydrogens is 375 g/mol. The summed E-state index contributed by atoms with van der Waals surface area (Å²) < 4.78 is 0. The van der Waals surface area contributed by atoms with Gasteiger partial charge in [0.25, 0.3) is 0 Å². The van der Waals surface area contributed by atoms with Gasteiger partial charge in [0.05, 0.1) is 18.4 Å². The van der Waals surface area contributed by atoms with E-state index in [4.69, 9.17) is 21.2 Å². The number of hydrogen-bond acceptors (Lipinski definition) is 4. The maximum absolute atomic E-state index is 10.1. The maximum atomic E-state index is 10.1. The van der Waals surface area contributed by atoms with E-state index in [-0.39, 0.29) is 56.1 Å². The molecule has 0 rings (SSSR count). The van der Waals surface area contributed by atoms with Gasteiger partial charge in [0.2, 0.25) is 0 Å². The molecule has 2 atom stereocenters. The summed E-state index contributed by atoms with van der Waals surface area (Å²) in [6, 6.07) is 1.90. The van der Waals surface area contributed by atoms with E-state index in [1.54, 1.807) is 6.92 Å². The minimum atomic E-state index is -0.900. The second kappa shape index (κ2) is 21.3. The molecule has 0 aromatic carbocycles. The molecule has 0 aliphatic heterocycles. The van der Waals surface area contributed by atoms with E-state index in [0.29, 0.717) is 13.0 Å². The Hall–Kier alpha value is -1.03. The van der Waals surface area contributed by atoms with Crippen LogP contribution in [-0.4, -0.2) is 39.6 Å². The van der Waals surface area contributed by atoms with E-state index < -0.39 is 11.9 Å². The smallest absolute Gasteiger partial charge is 0.304 e. The molecule has 0 amide bonds. The first-order chi connectivity index (χ1) is 8.40. The van der Waals surface area contributed by atoms with Gasteiger partial charge in [-0.05, 0) is 18.9 Å². The van der Waals surface area contributed by atoms with Crippen LogP contribution in [0.15, 0.2) is 0 Å². The van der Waals surface area contributed by atoms with Gasteiger partial charge >= 0.3 is 11.9 Å². The number of carbonyl (C=O) groups is 2. The fourth-order valence-electron chi connectivity index (χ4n) is 1.13. The van der Waals surface area contributed by atoms with Gasteiger partial charge in [-0.2, -0.15) is 5.26 Å². The summed E-state index contributed by atoms with van der Waals surface area (Å²) in [6.07, 6.45) is 1.63. The quantitative estimate of drug-likeness (QED) is 0.496. The number of carboxylic acids is 2. The van der Waals surface area contributed by atoms with Gasteiger partial charge < -0.3 is 26.9 Å². The second-order valence-corrected chi connectivity index (χ2v) is 3.94. The molecule has 0 spiro atoms. The third-order valence-electron chi connectivity index (χ3n) is 2.47. The monoisotopic (exact) mass is 400 g/mol. The first-order valence-corrected chi connectivity index (χ1v) is 5.94. The van der Waals surface area contributed by atoms with Crippen LogP contribution in [0.1, 0.15) is 39.5 Å². The summed E-state index contributed by atoms with van der Waals surface area (Å²) >= 11 is 0. The Morgan fingerprint density at radius 2 is 1.52 bits per heavy atom. The molecule has 8 nitrogen and oxygen atoms in total. The minimum absolute atomic E-state index is 0. The number of nitrogens with two attached hydrogens (primary N) is 1. The molecule has 0 aromatic heterocycles. The average molecular weight is 401 g/mol. The number of rotatable bonds is 7. The summed E-state index contributed by atoms with van der Waals surface area (Å²) in [5.41, 5.74) is 5.27. The summed E-state index contributed by atoms with van der Waals surface area (Å²) in [5, 5.41) is 24.7. The molecule has 0 radical (unpaired) electrons. The molecule has 0 aliphatic rings. The fraction of sp³-hybridized carbons (Fsp3) is 0.750. The number of nitriles is 1. The van der Waals surface area contributed by atoms with Crippen LogP contribution in [0.3, 0.4) is 0 Å². The Morgan fingerprint density at radius 3 is 1.62 bits per heavy atom. The molecule has 0 saturated heterocycles. The van der Waals surface area contributed by atoms with E-state index >= 15 is 0 Å². The molecule has 0 bridgehead atoms. The Balaban J connectivity index is -0.0000000711. The normalized spacial score (nSPS) is 10.8. The van der Waals surface area contributed by atoms with Crippen LogP contribution in [0.2, 0.25) is 0 Å². The van der Waals surface area contributed by atoms with Crippen LogP contribution in [0.5, 0.6) is 0 Å². The Kier molecular flexibility index (Phi) is 32.5. The molecule has 21 heavy (non-hydrogen) atoms. The van der Waals surface area contributed by atoms with Crippen molar-refractivity contribution in [3.63, 3.8) is 0 Å². The van der Waals surface area contributed by atoms with Crippen molar-refractivity contribution in [2.75, 3.05) is 6.54 Å². The summed E-state index contributed by atoms with van der Waals surface area (Å²) in [4.78, 5) is 20.0.